The van der Waals surface area contributed by atoms with E-state index in [0.29, 0.717) is 6.61 Å². The Hall–Kier alpha value is -2.10. The number of rotatable bonds is 2. The number of aromatic nitrogens is 3. The molecule has 0 aliphatic carbocycles. The molecule has 4 nitrogen and oxygen atoms in total. The average molecular weight is 213 g/mol. The maximum atomic E-state index is 5.62. The lowest BCUT2D eigenvalue weighted by molar-refractivity contribution is 0.344. The third kappa shape index (κ3) is 1.23. The van der Waals surface area contributed by atoms with Crippen molar-refractivity contribution in [2.45, 2.75) is 6.92 Å². The van der Waals surface area contributed by atoms with Crippen LogP contribution in [-0.2, 0) is 0 Å². The molecule has 0 aliphatic rings. The summed E-state index contributed by atoms with van der Waals surface area (Å²) in [6, 6.07) is 9.99. The topological polar surface area (TPSA) is 39.4 Å². The fourth-order valence-electron chi connectivity index (χ4n) is 1.89. The predicted molar refractivity (Wildman–Crippen MR) is 61.7 cm³/mol. The summed E-state index contributed by atoms with van der Waals surface area (Å²) in [7, 11) is 0. The Labute approximate surface area is 92.5 Å². The van der Waals surface area contributed by atoms with Crippen molar-refractivity contribution in [1.29, 1.82) is 0 Å². The molecule has 0 aliphatic heterocycles. The highest BCUT2D eigenvalue weighted by molar-refractivity contribution is 5.88. The third-order valence-electron chi connectivity index (χ3n) is 2.56. The van der Waals surface area contributed by atoms with Crippen molar-refractivity contribution in [2.24, 2.45) is 0 Å². The summed E-state index contributed by atoms with van der Waals surface area (Å²) in [5, 5.41) is 9.04. The van der Waals surface area contributed by atoms with E-state index in [9.17, 15) is 0 Å². The zero-order valence-corrected chi connectivity index (χ0v) is 8.92. The van der Waals surface area contributed by atoms with Crippen molar-refractivity contribution in [3.05, 3.63) is 36.7 Å². The van der Waals surface area contributed by atoms with Crippen molar-refractivity contribution in [3.8, 4) is 5.75 Å². The largest absolute Gasteiger partial charge is 0.493 e. The van der Waals surface area contributed by atoms with Gasteiger partial charge in [0.2, 0.25) is 0 Å². The molecular weight excluding hydrogens is 202 g/mol. The number of nitrogens with zero attached hydrogens (tertiary/aromatic N) is 3. The smallest absolute Gasteiger partial charge is 0.164 e. The number of hydrogen-bond acceptors (Lipinski definition) is 3. The van der Waals surface area contributed by atoms with Crippen LogP contribution in [0.25, 0.3) is 16.6 Å². The van der Waals surface area contributed by atoms with Crippen molar-refractivity contribution in [2.75, 3.05) is 6.61 Å². The predicted octanol–water partition coefficient (Wildman–Crippen LogP) is 2.28. The molecule has 2 heterocycles. The minimum Gasteiger partial charge on any atom is -0.493 e. The normalized spacial score (nSPS) is 11.1. The van der Waals surface area contributed by atoms with Gasteiger partial charge >= 0.3 is 0 Å². The summed E-state index contributed by atoms with van der Waals surface area (Å²) < 4.78 is 7.57. The van der Waals surface area contributed by atoms with Gasteiger partial charge in [-0.15, -0.1) is 10.2 Å². The minimum absolute atomic E-state index is 0.647. The number of para-hydroxylation sites is 1. The van der Waals surface area contributed by atoms with Crippen molar-refractivity contribution in [1.82, 2.24) is 14.6 Å². The summed E-state index contributed by atoms with van der Waals surface area (Å²) in [6.07, 6.45) is 1.72. The van der Waals surface area contributed by atoms with Crippen molar-refractivity contribution >= 4 is 16.6 Å². The van der Waals surface area contributed by atoms with Crippen LogP contribution in [0.2, 0.25) is 0 Å². The van der Waals surface area contributed by atoms with Gasteiger partial charge in [0.1, 0.15) is 12.1 Å². The molecule has 0 spiro atoms. The lowest BCUT2D eigenvalue weighted by Gasteiger charge is -2.08. The first-order valence-corrected chi connectivity index (χ1v) is 5.24. The molecule has 0 bridgehead atoms. The highest BCUT2D eigenvalue weighted by Crippen LogP contribution is 2.26. The van der Waals surface area contributed by atoms with E-state index in [1.807, 2.05) is 41.7 Å². The van der Waals surface area contributed by atoms with E-state index in [4.69, 9.17) is 4.74 Å². The molecule has 1 aromatic carbocycles. The Morgan fingerprint density at radius 2 is 2.19 bits per heavy atom. The maximum Gasteiger partial charge on any atom is 0.164 e. The summed E-state index contributed by atoms with van der Waals surface area (Å²) in [6.45, 7) is 2.62. The van der Waals surface area contributed by atoms with E-state index in [1.165, 1.54) is 0 Å². The van der Waals surface area contributed by atoms with Crippen LogP contribution in [0, 0.1) is 0 Å². The summed E-state index contributed by atoms with van der Waals surface area (Å²) in [4.78, 5) is 0. The SMILES string of the molecule is CCOc1cc2nncn2c2ccccc12. The molecule has 0 saturated heterocycles. The van der Waals surface area contributed by atoms with Crippen LogP contribution in [-0.4, -0.2) is 21.2 Å². The van der Waals surface area contributed by atoms with Gasteiger partial charge in [0.15, 0.2) is 5.65 Å². The Kier molecular flexibility index (Phi) is 1.99. The van der Waals surface area contributed by atoms with Gasteiger partial charge in [-0.3, -0.25) is 4.40 Å². The molecule has 4 heteroatoms. The number of benzene rings is 1. The zero-order valence-electron chi connectivity index (χ0n) is 8.92. The highest BCUT2D eigenvalue weighted by atomic mass is 16.5. The lowest BCUT2D eigenvalue weighted by Crippen LogP contribution is -1.95. The molecule has 0 radical (unpaired) electrons. The van der Waals surface area contributed by atoms with E-state index in [-0.39, 0.29) is 0 Å². The number of fused-ring (bicyclic) bond motifs is 3. The molecule has 0 saturated carbocycles. The zero-order chi connectivity index (χ0) is 11.0. The van der Waals surface area contributed by atoms with E-state index < -0.39 is 0 Å². The van der Waals surface area contributed by atoms with Crippen LogP contribution >= 0.6 is 0 Å². The second-order valence-electron chi connectivity index (χ2n) is 3.52. The molecule has 3 aromatic rings. The minimum atomic E-state index is 0.647. The van der Waals surface area contributed by atoms with Crippen LogP contribution in [0.1, 0.15) is 6.92 Å². The Morgan fingerprint density at radius 1 is 1.31 bits per heavy atom. The van der Waals surface area contributed by atoms with Gasteiger partial charge in [-0.1, -0.05) is 12.1 Å². The molecular formula is C12H11N3O. The Morgan fingerprint density at radius 3 is 3.06 bits per heavy atom. The Bertz CT molecular complexity index is 645. The van der Waals surface area contributed by atoms with E-state index in [2.05, 4.69) is 10.2 Å². The first-order chi connectivity index (χ1) is 7.90. The maximum absolute atomic E-state index is 5.62. The summed E-state index contributed by atoms with van der Waals surface area (Å²) >= 11 is 0. The summed E-state index contributed by atoms with van der Waals surface area (Å²) in [5.74, 6) is 0.860. The van der Waals surface area contributed by atoms with Crippen molar-refractivity contribution in [3.63, 3.8) is 0 Å². The lowest BCUT2D eigenvalue weighted by atomic mass is 10.2. The van der Waals surface area contributed by atoms with Crippen LogP contribution < -0.4 is 4.74 Å². The quantitative estimate of drug-likeness (QED) is 0.655. The van der Waals surface area contributed by atoms with E-state index >= 15 is 0 Å². The van der Waals surface area contributed by atoms with Gasteiger partial charge in [0, 0.05) is 11.5 Å². The molecule has 80 valence electrons. The highest BCUT2D eigenvalue weighted by Gasteiger charge is 2.07. The van der Waals surface area contributed by atoms with Gasteiger partial charge in [-0.2, -0.15) is 0 Å². The molecule has 0 N–H and O–H groups in total. The monoisotopic (exact) mass is 213 g/mol. The standard InChI is InChI=1S/C12H11N3O/c1-2-16-11-7-12-14-13-8-15(12)10-6-4-3-5-9(10)11/h3-8H,2H2,1H3. The van der Waals surface area contributed by atoms with Gasteiger partial charge in [-0.25, -0.2) is 0 Å². The molecule has 2 aromatic heterocycles. The molecule has 0 unspecified atom stereocenters. The molecule has 0 atom stereocenters. The number of hydrogen-bond donors (Lipinski definition) is 0. The van der Waals surface area contributed by atoms with E-state index in [0.717, 1.165) is 22.3 Å². The Balaban J connectivity index is 2.45. The second kappa shape index (κ2) is 3.48. The van der Waals surface area contributed by atoms with Gasteiger partial charge < -0.3 is 4.74 Å². The van der Waals surface area contributed by atoms with Crippen LogP contribution in [0.4, 0.5) is 0 Å². The molecule has 0 fully saturated rings. The van der Waals surface area contributed by atoms with Crippen LogP contribution in [0.15, 0.2) is 36.7 Å². The average Bonchev–Trinajstić information content (AvgIpc) is 2.78. The second-order valence-corrected chi connectivity index (χ2v) is 3.52. The fraction of sp³-hybridized carbons (Fsp3) is 0.167. The van der Waals surface area contributed by atoms with E-state index in [1.54, 1.807) is 6.33 Å². The number of pyridine rings is 1. The third-order valence-corrected chi connectivity index (χ3v) is 2.56. The molecule has 16 heavy (non-hydrogen) atoms. The molecule has 0 amide bonds. The fourth-order valence-corrected chi connectivity index (χ4v) is 1.89. The first kappa shape index (κ1) is 9.15. The van der Waals surface area contributed by atoms with Crippen LogP contribution in [0.5, 0.6) is 5.75 Å². The first-order valence-electron chi connectivity index (χ1n) is 5.24. The van der Waals surface area contributed by atoms with Crippen molar-refractivity contribution < 1.29 is 4.74 Å². The van der Waals surface area contributed by atoms with Gasteiger partial charge in [0.05, 0.1) is 12.1 Å². The van der Waals surface area contributed by atoms with Gasteiger partial charge in [-0.05, 0) is 19.1 Å². The molecule has 3 rings (SSSR count). The number of ether oxygens (including phenoxy) is 1. The van der Waals surface area contributed by atoms with Gasteiger partial charge in [0.25, 0.3) is 0 Å². The van der Waals surface area contributed by atoms with Crippen LogP contribution in [0.3, 0.4) is 0 Å². The summed E-state index contributed by atoms with van der Waals surface area (Å²) in [5.41, 5.74) is 1.87.